The van der Waals surface area contributed by atoms with Crippen molar-refractivity contribution in [3.8, 4) is 0 Å². The molecule has 0 saturated carbocycles. The fraction of sp³-hybridized carbons (Fsp3) is 0. The van der Waals surface area contributed by atoms with E-state index in [-0.39, 0.29) is 0 Å². The van der Waals surface area contributed by atoms with Crippen LogP contribution in [0.4, 0.5) is 0 Å². The molecule has 1 N–H and O–H groups in total. The lowest BCUT2D eigenvalue weighted by Gasteiger charge is -1.69. The Hall–Kier alpha value is -0.503. The number of rotatable bonds is 0. The van der Waals surface area contributed by atoms with Gasteiger partial charge in [-0.2, -0.15) is 0 Å². The SMILES string of the molecule is [Si]c1ccc[nH]1. The highest BCUT2D eigenvalue weighted by Gasteiger charge is 1.72. The number of hydrogen-bond donors (Lipinski definition) is 1. The van der Waals surface area contributed by atoms with Crippen LogP contribution in [0.3, 0.4) is 0 Å². The molecule has 0 aromatic carbocycles. The molecule has 0 aliphatic heterocycles. The molecule has 0 aliphatic rings. The van der Waals surface area contributed by atoms with Crippen LogP contribution in [0.15, 0.2) is 18.3 Å². The zero-order chi connectivity index (χ0) is 4.41. The van der Waals surface area contributed by atoms with Crippen LogP contribution < -0.4 is 5.32 Å². The maximum Gasteiger partial charge on any atom is 0.0961 e. The second-order valence-electron chi connectivity index (χ2n) is 1.08. The lowest BCUT2D eigenvalue weighted by molar-refractivity contribution is 1.47. The van der Waals surface area contributed by atoms with Gasteiger partial charge in [0.15, 0.2) is 0 Å². The average Bonchev–Trinajstić information content (AvgIpc) is 1.86. The van der Waals surface area contributed by atoms with E-state index in [9.17, 15) is 0 Å². The van der Waals surface area contributed by atoms with Crippen molar-refractivity contribution in [1.29, 1.82) is 0 Å². The molecule has 0 unspecified atom stereocenters. The van der Waals surface area contributed by atoms with E-state index in [1.807, 2.05) is 18.3 Å². The molecule has 6 heavy (non-hydrogen) atoms. The van der Waals surface area contributed by atoms with Gasteiger partial charge < -0.3 is 4.98 Å². The van der Waals surface area contributed by atoms with E-state index < -0.39 is 0 Å². The quantitative estimate of drug-likeness (QED) is 0.429. The lowest BCUT2D eigenvalue weighted by Crippen LogP contribution is -1.98. The van der Waals surface area contributed by atoms with Crippen LogP contribution >= 0.6 is 0 Å². The molecular weight excluding hydrogens is 90.1 g/mol. The van der Waals surface area contributed by atoms with E-state index in [1.54, 1.807) is 0 Å². The monoisotopic (exact) mass is 94.0 g/mol. The van der Waals surface area contributed by atoms with E-state index in [4.69, 9.17) is 0 Å². The minimum absolute atomic E-state index is 1.02. The molecule has 1 nitrogen and oxygen atoms in total. The van der Waals surface area contributed by atoms with Gasteiger partial charge in [-0.25, -0.2) is 0 Å². The van der Waals surface area contributed by atoms with Crippen molar-refractivity contribution < 1.29 is 0 Å². The van der Waals surface area contributed by atoms with Crippen molar-refractivity contribution in [2.75, 3.05) is 0 Å². The van der Waals surface area contributed by atoms with Crippen LogP contribution in [-0.4, -0.2) is 15.2 Å². The molecule has 0 spiro atoms. The van der Waals surface area contributed by atoms with Gasteiger partial charge in [-0.3, -0.25) is 0 Å². The Bertz CT molecular complexity index is 111. The first-order valence-electron chi connectivity index (χ1n) is 1.74. The molecule has 0 amide bonds. The molecule has 0 atom stereocenters. The zero-order valence-corrected chi connectivity index (χ0v) is 4.23. The summed E-state index contributed by atoms with van der Waals surface area (Å²) in [6.45, 7) is 0. The standard InChI is InChI=1S/C4H4NSi/c6-4-2-1-3-5-4/h1-3,5H. The van der Waals surface area contributed by atoms with Crippen LogP contribution in [0.25, 0.3) is 0 Å². The maximum absolute atomic E-state index is 3.27. The molecule has 0 bridgehead atoms. The summed E-state index contributed by atoms with van der Waals surface area (Å²) in [6.07, 6.45) is 1.86. The topological polar surface area (TPSA) is 15.8 Å². The molecule has 0 aliphatic carbocycles. The molecule has 29 valence electrons. The van der Waals surface area contributed by atoms with Crippen LogP contribution in [0.1, 0.15) is 0 Å². The van der Waals surface area contributed by atoms with Crippen molar-refractivity contribution in [2.24, 2.45) is 0 Å². The fourth-order valence-corrected chi connectivity index (χ4v) is 0.510. The molecule has 1 aromatic rings. The van der Waals surface area contributed by atoms with Gasteiger partial charge in [0.05, 0.1) is 10.2 Å². The van der Waals surface area contributed by atoms with Gasteiger partial charge in [0.1, 0.15) is 0 Å². The van der Waals surface area contributed by atoms with Crippen molar-refractivity contribution in [2.45, 2.75) is 0 Å². The minimum Gasteiger partial charge on any atom is -0.370 e. The Morgan fingerprint density at radius 1 is 1.67 bits per heavy atom. The Kier molecular flexibility index (Phi) is 0.799. The predicted molar refractivity (Wildman–Crippen MR) is 26.2 cm³/mol. The van der Waals surface area contributed by atoms with E-state index in [1.165, 1.54) is 0 Å². The third kappa shape index (κ3) is 0.516. The number of aromatic nitrogens is 1. The second-order valence-corrected chi connectivity index (χ2v) is 1.62. The zero-order valence-electron chi connectivity index (χ0n) is 3.23. The van der Waals surface area contributed by atoms with Gasteiger partial charge in [0.2, 0.25) is 0 Å². The van der Waals surface area contributed by atoms with Gasteiger partial charge in [-0.05, 0) is 17.4 Å². The van der Waals surface area contributed by atoms with E-state index in [0.29, 0.717) is 0 Å². The minimum atomic E-state index is 1.02. The molecule has 0 fully saturated rings. The highest BCUT2D eigenvalue weighted by molar-refractivity contribution is 6.30. The summed E-state index contributed by atoms with van der Waals surface area (Å²) in [5.41, 5.74) is 0. The van der Waals surface area contributed by atoms with Crippen molar-refractivity contribution in [1.82, 2.24) is 4.98 Å². The third-order valence-electron chi connectivity index (χ3n) is 0.598. The first-order valence-corrected chi connectivity index (χ1v) is 2.24. The summed E-state index contributed by atoms with van der Waals surface area (Å²) < 4.78 is 0. The highest BCUT2D eigenvalue weighted by atomic mass is 28.1. The maximum atomic E-state index is 3.27. The Balaban J connectivity index is 3.05. The van der Waals surface area contributed by atoms with Crippen LogP contribution in [-0.2, 0) is 0 Å². The number of H-pyrrole nitrogens is 1. The first kappa shape index (κ1) is 3.68. The number of nitrogens with one attached hydrogen (secondary N) is 1. The second kappa shape index (κ2) is 1.30. The molecule has 2 heteroatoms. The summed E-state index contributed by atoms with van der Waals surface area (Å²) >= 11 is 0. The van der Waals surface area contributed by atoms with Crippen LogP contribution in [0.5, 0.6) is 0 Å². The van der Waals surface area contributed by atoms with E-state index in [2.05, 4.69) is 15.2 Å². The molecule has 3 radical (unpaired) electrons. The molecular formula is C4H4NSi. The number of aromatic amines is 1. The largest absolute Gasteiger partial charge is 0.370 e. The summed E-state index contributed by atoms with van der Waals surface area (Å²) in [7, 11) is 3.27. The predicted octanol–water partition coefficient (Wildman–Crippen LogP) is -0.191. The summed E-state index contributed by atoms with van der Waals surface area (Å²) in [5, 5.41) is 1.02. The Morgan fingerprint density at radius 3 is 2.67 bits per heavy atom. The summed E-state index contributed by atoms with van der Waals surface area (Å²) in [6, 6.07) is 3.87. The van der Waals surface area contributed by atoms with Gasteiger partial charge in [-0.15, -0.1) is 0 Å². The van der Waals surface area contributed by atoms with Crippen molar-refractivity contribution in [3.63, 3.8) is 0 Å². The van der Waals surface area contributed by atoms with Gasteiger partial charge in [0, 0.05) is 6.20 Å². The summed E-state index contributed by atoms with van der Waals surface area (Å²) in [5.74, 6) is 0. The normalized spacial score (nSPS) is 8.83. The third-order valence-corrected chi connectivity index (χ3v) is 0.909. The lowest BCUT2D eigenvalue weighted by atomic mass is 10.7. The smallest absolute Gasteiger partial charge is 0.0961 e. The Morgan fingerprint density at radius 2 is 2.50 bits per heavy atom. The highest BCUT2D eigenvalue weighted by Crippen LogP contribution is 1.68. The molecule has 1 heterocycles. The van der Waals surface area contributed by atoms with Gasteiger partial charge in [0.25, 0.3) is 0 Å². The first-order chi connectivity index (χ1) is 2.89. The van der Waals surface area contributed by atoms with Crippen molar-refractivity contribution in [3.05, 3.63) is 18.3 Å². The summed E-state index contributed by atoms with van der Waals surface area (Å²) in [4.78, 5) is 2.91. The van der Waals surface area contributed by atoms with E-state index >= 15 is 0 Å². The van der Waals surface area contributed by atoms with E-state index in [0.717, 1.165) is 5.32 Å². The van der Waals surface area contributed by atoms with Crippen LogP contribution in [0, 0.1) is 0 Å². The average molecular weight is 94.2 g/mol. The molecule has 0 saturated heterocycles. The van der Waals surface area contributed by atoms with Gasteiger partial charge in [-0.1, -0.05) is 0 Å². The molecule has 1 aromatic heterocycles. The molecule has 1 rings (SSSR count). The fourth-order valence-electron chi connectivity index (χ4n) is 0.330. The van der Waals surface area contributed by atoms with Crippen LogP contribution in [0.2, 0.25) is 0 Å². The van der Waals surface area contributed by atoms with Crippen molar-refractivity contribution >= 4 is 15.6 Å². The Labute approximate surface area is 39.8 Å². The van der Waals surface area contributed by atoms with Gasteiger partial charge >= 0.3 is 0 Å². The number of hydrogen-bond acceptors (Lipinski definition) is 0.